The van der Waals surface area contributed by atoms with Crippen molar-refractivity contribution in [2.45, 2.75) is 45.7 Å². The van der Waals surface area contributed by atoms with Gasteiger partial charge in [-0.25, -0.2) is 4.79 Å². The lowest BCUT2D eigenvalue weighted by atomic mass is 9.97. The molecule has 1 aromatic heterocycles. The van der Waals surface area contributed by atoms with Gasteiger partial charge in [0.15, 0.2) is 6.04 Å². The first-order valence-corrected chi connectivity index (χ1v) is 9.11. The number of carboxylic acids is 1. The van der Waals surface area contributed by atoms with Crippen molar-refractivity contribution in [1.82, 2.24) is 15.1 Å². The fraction of sp³-hybridized carbons (Fsp3) is 0.450. The fourth-order valence-electron chi connectivity index (χ4n) is 3.51. The molecule has 7 nitrogen and oxygen atoms in total. The number of ether oxygens (including phenoxy) is 1. The number of aromatic nitrogens is 2. The summed E-state index contributed by atoms with van der Waals surface area (Å²) in [5.41, 5.74) is 3.57. The van der Waals surface area contributed by atoms with Crippen LogP contribution in [0.1, 0.15) is 57.7 Å². The van der Waals surface area contributed by atoms with Gasteiger partial charge in [0.2, 0.25) is 0 Å². The fourth-order valence-corrected chi connectivity index (χ4v) is 3.51. The molecule has 1 fully saturated rings. The zero-order valence-corrected chi connectivity index (χ0v) is 15.9. The Labute approximate surface area is 158 Å². The Morgan fingerprint density at radius 1 is 1.26 bits per heavy atom. The van der Waals surface area contributed by atoms with Crippen molar-refractivity contribution >= 4 is 11.9 Å². The molecule has 0 spiro atoms. The number of carbonyl (C=O) groups is 2. The van der Waals surface area contributed by atoms with Crippen LogP contribution in [-0.4, -0.2) is 40.0 Å². The van der Waals surface area contributed by atoms with Crippen LogP contribution in [0.15, 0.2) is 24.4 Å². The molecule has 2 heterocycles. The number of hydrogen-bond donors (Lipinski definition) is 2. The van der Waals surface area contributed by atoms with E-state index in [-0.39, 0.29) is 6.04 Å². The van der Waals surface area contributed by atoms with Crippen LogP contribution in [0.5, 0.6) is 0 Å². The third-order valence-corrected chi connectivity index (χ3v) is 5.31. The number of nitrogens with zero attached hydrogens (tertiary/aromatic N) is 2. The smallest absolute Gasteiger partial charge is 0.330 e. The second kappa shape index (κ2) is 7.92. The highest BCUT2D eigenvalue weighted by Gasteiger charge is 2.27. The van der Waals surface area contributed by atoms with Crippen LogP contribution in [0.3, 0.4) is 0 Å². The largest absolute Gasteiger partial charge is 0.479 e. The molecular formula is C20H25N3O4. The van der Waals surface area contributed by atoms with Crippen molar-refractivity contribution in [3.05, 3.63) is 52.3 Å². The lowest BCUT2D eigenvalue weighted by Crippen LogP contribution is -2.34. The Kier molecular flexibility index (Phi) is 5.60. The van der Waals surface area contributed by atoms with Gasteiger partial charge >= 0.3 is 5.97 Å². The maximum Gasteiger partial charge on any atom is 0.330 e. The van der Waals surface area contributed by atoms with E-state index in [1.165, 1.54) is 6.20 Å². The number of carboxylic acid groups (broad SMARTS) is 1. The molecule has 0 saturated carbocycles. The molecular weight excluding hydrogens is 346 g/mol. The molecule has 3 rings (SSSR count). The van der Waals surface area contributed by atoms with Crippen LogP contribution in [0.25, 0.3) is 0 Å². The molecule has 2 N–H and O–H groups in total. The summed E-state index contributed by atoms with van der Waals surface area (Å²) >= 11 is 0. The van der Waals surface area contributed by atoms with E-state index in [1.54, 1.807) is 12.1 Å². The predicted octanol–water partition coefficient (Wildman–Crippen LogP) is 2.72. The number of carbonyl (C=O) groups excluding carboxylic acids is 1. The van der Waals surface area contributed by atoms with Crippen LogP contribution >= 0.6 is 0 Å². The Morgan fingerprint density at radius 3 is 2.63 bits per heavy atom. The van der Waals surface area contributed by atoms with E-state index in [0.717, 1.165) is 29.7 Å². The summed E-state index contributed by atoms with van der Waals surface area (Å²) in [7, 11) is 0. The first-order chi connectivity index (χ1) is 12.9. The quantitative estimate of drug-likeness (QED) is 0.843. The standard InChI is InChI=1S/C20H25N3O4/c1-12-5-4-6-16(13(12)2)18(20(25)26)22-19(24)17-11-21-23(14(17)3)15-7-9-27-10-8-15/h4-6,11,15,18H,7-10H2,1-3H3,(H,22,24)(H,25,26). The molecule has 1 unspecified atom stereocenters. The summed E-state index contributed by atoms with van der Waals surface area (Å²) in [6, 6.07) is 4.55. The minimum absolute atomic E-state index is 0.203. The van der Waals surface area contributed by atoms with Crippen LogP contribution in [0.4, 0.5) is 0 Å². The summed E-state index contributed by atoms with van der Waals surface area (Å²) in [5, 5.41) is 16.7. The van der Waals surface area contributed by atoms with Crippen LogP contribution in [-0.2, 0) is 9.53 Å². The van der Waals surface area contributed by atoms with Gasteiger partial charge < -0.3 is 15.2 Å². The molecule has 1 amide bonds. The molecule has 1 saturated heterocycles. The molecule has 1 aliphatic heterocycles. The highest BCUT2D eigenvalue weighted by molar-refractivity contribution is 5.97. The van der Waals surface area contributed by atoms with E-state index in [1.807, 2.05) is 31.5 Å². The van der Waals surface area contributed by atoms with Gasteiger partial charge in [0.25, 0.3) is 5.91 Å². The number of aliphatic carboxylic acids is 1. The second-order valence-electron chi connectivity index (χ2n) is 6.97. The van der Waals surface area contributed by atoms with Gasteiger partial charge in [-0.3, -0.25) is 9.48 Å². The molecule has 1 aromatic carbocycles. The van der Waals surface area contributed by atoms with E-state index in [0.29, 0.717) is 24.3 Å². The first kappa shape index (κ1) is 19.1. The summed E-state index contributed by atoms with van der Waals surface area (Å²) in [5.74, 6) is -1.52. The maximum absolute atomic E-state index is 12.8. The number of hydrogen-bond acceptors (Lipinski definition) is 4. The van der Waals surface area contributed by atoms with Gasteiger partial charge in [-0.15, -0.1) is 0 Å². The van der Waals surface area contributed by atoms with Crippen LogP contribution < -0.4 is 5.32 Å². The topological polar surface area (TPSA) is 93.5 Å². The van der Waals surface area contributed by atoms with Crippen LogP contribution in [0, 0.1) is 20.8 Å². The van der Waals surface area contributed by atoms with E-state index in [2.05, 4.69) is 10.4 Å². The molecule has 144 valence electrons. The van der Waals surface area contributed by atoms with Gasteiger partial charge in [-0.2, -0.15) is 5.10 Å². The molecule has 1 aliphatic rings. The Bertz CT molecular complexity index is 853. The highest BCUT2D eigenvalue weighted by atomic mass is 16.5. The van der Waals surface area contributed by atoms with E-state index < -0.39 is 17.9 Å². The Morgan fingerprint density at radius 2 is 1.96 bits per heavy atom. The molecule has 27 heavy (non-hydrogen) atoms. The number of amides is 1. The minimum atomic E-state index is -1.11. The average Bonchev–Trinajstić information content (AvgIpc) is 3.04. The van der Waals surface area contributed by atoms with Crippen molar-refractivity contribution in [3.63, 3.8) is 0 Å². The molecule has 1 atom stereocenters. The third kappa shape index (κ3) is 3.88. The summed E-state index contributed by atoms with van der Waals surface area (Å²) in [6.45, 7) is 6.98. The zero-order valence-electron chi connectivity index (χ0n) is 15.9. The molecule has 0 radical (unpaired) electrons. The van der Waals surface area contributed by atoms with Gasteiger partial charge in [-0.05, 0) is 50.3 Å². The Hall–Kier alpha value is -2.67. The SMILES string of the molecule is Cc1cccc(C(NC(=O)c2cnn(C3CCOCC3)c2C)C(=O)O)c1C. The highest BCUT2D eigenvalue weighted by Crippen LogP contribution is 2.25. The van der Waals surface area contributed by atoms with Crippen molar-refractivity contribution in [1.29, 1.82) is 0 Å². The first-order valence-electron chi connectivity index (χ1n) is 9.11. The number of nitrogens with one attached hydrogen (secondary N) is 1. The zero-order chi connectivity index (χ0) is 19.6. The number of rotatable bonds is 5. The summed E-state index contributed by atoms with van der Waals surface area (Å²) < 4.78 is 7.23. The van der Waals surface area contributed by atoms with Gasteiger partial charge in [0.05, 0.1) is 17.8 Å². The van der Waals surface area contributed by atoms with E-state index in [9.17, 15) is 14.7 Å². The number of benzene rings is 1. The predicted molar refractivity (Wildman–Crippen MR) is 99.8 cm³/mol. The normalized spacial score (nSPS) is 16.1. The molecule has 2 aromatic rings. The third-order valence-electron chi connectivity index (χ3n) is 5.31. The maximum atomic E-state index is 12.8. The van der Waals surface area contributed by atoms with Gasteiger partial charge in [0.1, 0.15) is 0 Å². The van der Waals surface area contributed by atoms with Crippen LogP contribution in [0.2, 0.25) is 0 Å². The lowest BCUT2D eigenvalue weighted by molar-refractivity contribution is -0.139. The monoisotopic (exact) mass is 371 g/mol. The van der Waals surface area contributed by atoms with Gasteiger partial charge in [0, 0.05) is 18.9 Å². The summed E-state index contributed by atoms with van der Waals surface area (Å²) in [6.07, 6.45) is 3.22. The van der Waals surface area contributed by atoms with Crippen molar-refractivity contribution in [2.75, 3.05) is 13.2 Å². The molecule has 0 bridgehead atoms. The summed E-state index contributed by atoms with van der Waals surface area (Å²) in [4.78, 5) is 24.6. The van der Waals surface area contributed by atoms with Crippen molar-refractivity contribution < 1.29 is 19.4 Å². The molecule has 7 heteroatoms. The molecule has 0 aliphatic carbocycles. The van der Waals surface area contributed by atoms with Gasteiger partial charge in [-0.1, -0.05) is 18.2 Å². The van der Waals surface area contributed by atoms with Crippen molar-refractivity contribution in [3.8, 4) is 0 Å². The Balaban J connectivity index is 1.84. The minimum Gasteiger partial charge on any atom is -0.479 e. The van der Waals surface area contributed by atoms with E-state index in [4.69, 9.17) is 4.74 Å². The van der Waals surface area contributed by atoms with Crippen molar-refractivity contribution in [2.24, 2.45) is 0 Å². The second-order valence-corrected chi connectivity index (χ2v) is 6.97. The average molecular weight is 371 g/mol. The van der Waals surface area contributed by atoms with E-state index >= 15 is 0 Å². The number of aryl methyl sites for hydroxylation is 1. The lowest BCUT2D eigenvalue weighted by Gasteiger charge is -2.23.